The normalized spacial score (nSPS) is 17.3. The van der Waals surface area contributed by atoms with Gasteiger partial charge in [-0.05, 0) is 25.2 Å². The van der Waals surface area contributed by atoms with Gasteiger partial charge in [-0.25, -0.2) is 12.8 Å². The van der Waals surface area contributed by atoms with Crippen molar-refractivity contribution in [1.82, 2.24) is 9.21 Å². The Morgan fingerprint density at radius 1 is 1.29 bits per heavy atom. The van der Waals surface area contributed by atoms with Crippen molar-refractivity contribution in [1.29, 1.82) is 0 Å². The zero-order valence-electron chi connectivity index (χ0n) is 11.8. The van der Waals surface area contributed by atoms with Gasteiger partial charge in [0.15, 0.2) is 0 Å². The van der Waals surface area contributed by atoms with E-state index in [0.29, 0.717) is 31.7 Å². The maximum absolute atomic E-state index is 14.1. The molecule has 1 aliphatic heterocycles. The Balaban J connectivity index is 2.28. The zero-order valence-corrected chi connectivity index (χ0v) is 12.7. The Morgan fingerprint density at radius 3 is 2.52 bits per heavy atom. The van der Waals surface area contributed by atoms with E-state index in [4.69, 9.17) is 5.73 Å². The summed E-state index contributed by atoms with van der Waals surface area (Å²) in [5.41, 5.74) is 5.66. The lowest BCUT2D eigenvalue weighted by Crippen LogP contribution is -2.47. The number of benzene rings is 1. The predicted octanol–water partition coefficient (Wildman–Crippen LogP) is 0.0720. The fourth-order valence-corrected chi connectivity index (χ4v) is 3.58. The van der Waals surface area contributed by atoms with Gasteiger partial charge in [0.05, 0.1) is 6.54 Å². The molecule has 1 heterocycles. The number of likely N-dealkylation sites (N-methyl/N-ethyl adjacent to an activating group) is 1. The summed E-state index contributed by atoms with van der Waals surface area (Å²) in [5, 5.41) is 0. The highest BCUT2D eigenvalue weighted by Gasteiger charge is 2.29. The van der Waals surface area contributed by atoms with Crippen LogP contribution in [0.25, 0.3) is 0 Å². The number of nitrogens with two attached hydrogens (primary N) is 1. The van der Waals surface area contributed by atoms with E-state index in [2.05, 4.69) is 11.8 Å². The highest BCUT2D eigenvalue weighted by atomic mass is 32.2. The zero-order chi connectivity index (χ0) is 15.5. The summed E-state index contributed by atoms with van der Waals surface area (Å²) in [4.78, 5) is 1.73. The first-order valence-corrected chi connectivity index (χ1v) is 8.06. The monoisotopic (exact) mass is 311 g/mol. The largest absolute Gasteiger partial charge is 0.320 e. The Labute approximate surface area is 124 Å². The molecule has 0 radical (unpaired) electrons. The third-order valence-corrected chi connectivity index (χ3v) is 5.28. The number of nitrogens with zero attached hydrogens (tertiary/aromatic N) is 2. The maximum atomic E-state index is 14.1. The van der Waals surface area contributed by atoms with Crippen LogP contribution in [0.1, 0.15) is 5.56 Å². The molecule has 0 spiro atoms. The molecule has 0 unspecified atom stereocenters. The average molecular weight is 311 g/mol. The number of halogens is 1. The molecule has 1 aromatic carbocycles. The number of hydrogen-bond acceptors (Lipinski definition) is 4. The van der Waals surface area contributed by atoms with Crippen molar-refractivity contribution in [3.63, 3.8) is 0 Å². The predicted molar refractivity (Wildman–Crippen MR) is 78.6 cm³/mol. The van der Waals surface area contributed by atoms with Crippen molar-refractivity contribution >= 4 is 10.0 Å². The van der Waals surface area contributed by atoms with Crippen molar-refractivity contribution in [2.24, 2.45) is 5.73 Å². The van der Waals surface area contributed by atoms with Gasteiger partial charge in [-0.2, -0.15) is 4.31 Å². The summed E-state index contributed by atoms with van der Waals surface area (Å²) in [6, 6.07) is 3.89. The van der Waals surface area contributed by atoms with Gasteiger partial charge < -0.3 is 10.6 Å². The summed E-state index contributed by atoms with van der Waals surface area (Å²) in [5.74, 6) is 4.50. The van der Waals surface area contributed by atoms with Gasteiger partial charge in [-0.15, -0.1) is 0 Å². The van der Waals surface area contributed by atoms with Crippen molar-refractivity contribution < 1.29 is 12.8 Å². The Kier molecular flexibility index (Phi) is 4.96. The summed E-state index contributed by atoms with van der Waals surface area (Å²) in [6.07, 6.45) is 0. The fourth-order valence-electron chi connectivity index (χ4n) is 2.11. The first-order chi connectivity index (χ1) is 9.95. The van der Waals surface area contributed by atoms with Gasteiger partial charge in [0.1, 0.15) is 10.7 Å². The van der Waals surface area contributed by atoms with E-state index >= 15 is 0 Å². The lowest BCUT2D eigenvalue weighted by molar-refractivity contribution is 0.222. The molecule has 0 bridgehead atoms. The lowest BCUT2D eigenvalue weighted by atomic mass is 10.2. The molecule has 2 N–H and O–H groups in total. The smallest absolute Gasteiger partial charge is 0.246 e. The minimum absolute atomic E-state index is 0.170. The van der Waals surface area contributed by atoms with E-state index in [0.717, 1.165) is 6.07 Å². The second-order valence-corrected chi connectivity index (χ2v) is 6.76. The molecule has 1 aromatic rings. The second-order valence-electron chi connectivity index (χ2n) is 4.86. The Morgan fingerprint density at radius 2 is 1.95 bits per heavy atom. The Hall–Kier alpha value is -1.46. The molecule has 1 saturated heterocycles. The van der Waals surface area contributed by atoms with Crippen molar-refractivity contribution in [2.45, 2.75) is 4.90 Å². The molecule has 0 aliphatic carbocycles. The minimum Gasteiger partial charge on any atom is -0.320 e. The standard InChI is InChI=1S/C14H18FN3O2S/c1-17-7-9-18(10-8-17)21(19,20)14-5-4-12(3-2-6-16)11-13(14)15/h4-5,11H,6-10,16H2,1H3. The van der Waals surface area contributed by atoms with Crippen LogP contribution >= 0.6 is 0 Å². The van der Waals surface area contributed by atoms with E-state index in [1.54, 1.807) is 0 Å². The number of rotatable bonds is 2. The quantitative estimate of drug-likeness (QED) is 0.785. The summed E-state index contributed by atoms with van der Waals surface area (Å²) in [7, 11) is -1.87. The van der Waals surface area contributed by atoms with E-state index < -0.39 is 15.8 Å². The summed E-state index contributed by atoms with van der Waals surface area (Å²) < 4.78 is 40.3. The molecular formula is C14H18FN3O2S. The highest BCUT2D eigenvalue weighted by Crippen LogP contribution is 2.21. The number of hydrogen-bond donors (Lipinski definition) is 1. The van der Waals surface area contributed by atoms with E-state index in [-0.39, 0.29) is 11.4 Å². The molecular weight excluding hydrogens is 293 g/mol. The molecule has 0 aromatic heterocycles. The van der Waals surface area contributed by atoms with Crippen LogP contribution in [0.15, 0.2) is 23.1 Å². The summed E-state index contributed by atoms with van der Waals surface area (Å²) in [6.45, 7) is 2.19. The maximum Gasteiger partial charge on any atom is 0.246 e. The fraction of sp³-hybridized carbons (Fsp3) is 0.429. The van der Waals surface area contributed by atoms with Crippen LogP contribution in [0.4, 0.5) is 4.39 Å². The van der Waals surface area contributed by atoms with Crippen LogP contribution in [-0.4, -0.2) is 57.4 Å². The van der Waals surface area contributed by atoms with Gasteiger partial charge in [-0.3, -0.25) is 0 Å². The van der Waals surface area contributed by atoms with Crippen LogP contribution in [-0.2, 0) is 10.0 Å². The van der Waals surface area contributed by atoms with Gasteiger partial charge in [0.25, 0.3) is 0 Å². The van der Waals surface area contributed by atoms with E-state index in [1.165, 1.54) is 16.4 Å². The second kappa shape index (κ2) is 6.54. The molecule has 5 nitrogen and oxygen atoms in total. The van der Waals surface area contributed by atoms with Crippen molar-refractivity contribution in [3.8, 4) is 11.8 Å². The van der Waals surface area contributed by atoms with Crippen LogP contribution in [0, 0.1) is 17.7 Å². The summed E-state index contributed by atoms with van der Waals surface area (Å²) >= 11 is 0. The topological polar surface area (TPSA) is 66.6 Å². The Bertz CT molecular complexity index is 671. The van der Waals surface area contributed by atoms with Gasteiger partial charge in [0, 0.05) is 31.7 Å². The molecule has 7 heteroatoms. The molecule has 0 amide bonds. The van der Waals surface area contributed by atoms with Crippen LogP contribution in [0.2, 0.25) is 0 Å². The third-order valence-electron chi connectivity index (χ3n) is 3.35. The van der Waals surface area contributed by atoms with Crippen molar-refractivity contribution in [3.05, 3.63) is 29.6 Å². The molecule has 114 valence electrons. The first-order valence-electron chi connectivity index (χ1n) is 6.62. The lowest BCUT2D eigenvalue weighted by Gasteiger charge is -2.31. The first kappa shape index (κ1) is 15.9. The van der Waals surface area contributed by atoms with Gasteiger partial charge >= 0.3 is 0 Å². The molecule has 21 heavy (non-hydrogen) atoms. The molecule has 0 saturated carbocycles. The van der Waals surface area contributed by atoms with Crippen LogP contribution in [0.3, 0.4) is 0 Å². The molecule has 1 fully saturated rings. The van der Waals surface area contributed by atoms with E-state index in [9.17, 15) is 12.8 Å². The van der Waals surface area contributed by atoms with E-state index in [1.807, 2.05) is 11.9 Å². The molecule has 0 atom stereocenters. The average Bonchev–Trinajstić information content (AvgIpc) is 2.45. The SMILES string of the molecule is CN1CCN(S(=O)(=O)c2ccc(C#CCN)cc2F)CC1. The third kappa shape index (κ3) is 3.60. The molecule has 1 aliphatic rings. The van der Waals surface area contributed by atoms with Gasteiger partial charge in [0.2, 0.25) is 10.0 Å². The highest BCUT2D eigenvalue weighted by molar-refractivity contribution is 7.89. The minimum atomic E-state index is -3.79. The number of sulfonamides is 1. The molecule has 2 rings (SSSR count). The van der Waals surface area contributed by atoms with Crippen LogP contribution in [0.5, 0.6) is 0 Å². The van der Waals surface area contributed by atoms with Crippen molar-refractivity contribution in [2.75, 3.05) is 39.8 Å². The van der Waals surface area contributed by atoms with Gasteiger partial charge in [-0.1, -0.05) is 11.8 Å². The number of piperazine rings is 1. The van der Waals surface area contributed by atoms with Crippen LogP contribution < -0.4 is 5.73 Å².